The predicted molar refractivity (Wildman–Crippen MR) is 76.6 cm³/mol. The molecule has 0 aliphatic heterocycles. The van der Waals surface area contributed by atoms with Crippen LogP contribution in [0, 0.1) is 6.92 Å². The Bertz CT molecular complexity index is 588. The first kappa shape index (κ1) is 13.1. The third kappa shape index (κ3) is 3.13. The fourth-order valence-electron chi connectivity index (χ4n) is 1.96. The Morgan fingerprint density at radius 3 is 2.47 bits per heavy atom. The molecular formula is C16H17NO2. The number of aryl methyl sites for hydroxylation is 1. The van der Waals surface area contributed by atoms with Crippen LogP contribution >= 0.6 is 0 Å². The van der Waals surface area contributed by atoms with E-state index in [1.165, 1.54) is 0 Å². The minimum Gasteiger partial charge on any atom is -0.496 e. The molecule has 0 saturated heterocycles. The first-order valence-corrected chi connectivity index (χ1v) is 6.12. The molecule has 0 heterocycles. The zero-order valence-electron chi connectivity index (χ0n) is 11.1. The van der Waals surface area contributed by atoms with Crippen LogP contribution in [0.3, 0.4) is 0 Å². The van der Waals surface area contributed by atoms with Crippen molar-refractivity contribution < 1.29 is 9.53 Å². The van der Waals surface area contributed by atoms with Gasteiger partial charge in [-0.25, -0.2) is 0 Å². The van der Waals surface area contributed by atoms with Crippen LogP contribution in [0.5, 0.6) is 5.75 Å². The average molecular weight is 255 g/mol. The van der Waals surface area contributed by atoms with Gasteiger partial charge in [-0.2, -0.15) is 0 Å². The number of nitrogen functional groups attached to an aromatic ring is 1. The minimum atomic E-state index is 0.0466. The normalized spacial score (nSPS) is 10.2. The van der Waals surface area contributed by atoms with Crippen molar-refractivity contribution in [2.24, 2.45) is 0 Å². The van der Waals surface area contributed by atoms with Gasteiger partial charge in [0.1, 0.15) is 5.75 Å². The van der Waals surface area contributed by atoms with Crippen molar-refractivity contribution in [2.45, 2.75) is 13.3 Å². The Hall–Kier alpha value is -2.29. The van der Waals surface area contributed by atoms with E-state index in [0.29, 0.717) is 23.4 Å². The zero-order valence-corrected chi connectivity index (χ0v) is 11.1. The van der Waals surface area contributed by atoms with Crippen LogP contribution in [-0.2, 0) is 6.42 Å². The van der Waals surface area contributed by atoms with Crippen molar-refractivity contribution in [3.8, 4) is 5.75 Å². The Morgan fingerprint density at radius 2 is 1.84 bits per heavy atom. The lowest BCUT2D eigenvalue weighted by molar-refractivity contribution is 0.0990. The van der Waals surface area contributed by atoms with Crippen molar-refractivity contribution in [3.63, 3.8) is 0 Å². The maximum absolute atomic E-state index is 12.3. The van der Waals surface area contributed by atoms with E-state index in [2.05, 4.69) is 0 Å². The maximum atomic E-state index is 12.3. The molecule has 2 rings (SSSR count). The van der Waals surface area contributed by atoms with Gasteiger partial charge in [-0.05, 0) is 36.8 Å². The minimum absolute atomic E-state index is 0.0466. The van der Waals surface area contributed by atoms with Crippen molar-refractivity contribution >= 4 is 11.5 Å². The van der Waals surface area contributed by atoms with Crippen LogP contribution in [0.25, 0.3) is 0 Å². The van der Waals surface area contributed by atoms with Crippen LogP contribution in [0.4, 0.5) is 5.69 Å². The molecule has 3 nitrogen and oxygen atoms in total. The standard InChI is InChI=1S/C16H17NO2/c1-11-3-8-16(19-2)14(9-11)15(18)10-12-4-6-13(17)7-5-12/h3-9H,10,17H2,1-2H3. The molecule has 0 fully saturated rings. The summed E-state index contributed by atoms with van der Waals surface area (Å²) in [5.74, 6) is 0.663. The van der Waals surface area contributed by atoms with Crippen molar-refractivity contribution in [2.75, 3.05) is 12.8 Å². The fourth-order valence-corrected chi connectivity index (χ4v) is 1.96. The number of ketones is 1. The number of hydrogen-bond acceptors (Lipinski definition) is 3. The van der Waals surface area contributed by atoms with Gasteiger partial charge in [0.05, 0.1) is 12.7 Å². The predicted octanol–water partition coefficient (Wildman–Crippen LogP) is 3.01. The van der Waals surface area contributed by atoms with E-state index >= 15 is 0 Å². The summed E-state index contributed by atoms with van der Waals surface area (Å²) in [7, 11) is 1.57. The van der Waals surface area contributed by atoms with E-state index < -0.39 is 0 Å². The summed E-state index contributed by atoms with van der Waals surface area (Å²) in [6.07, 6.45) is 0.347. The van der Waals surface area contributed by atoms with E-state index in [1.807, 2.05) is 37.3 Å². The highest BCUT2D eigenvalue weighted by molar-refractivity contribution is 6.00. The van der Waals surface area contributed by atoms with Gasteiger partial charge in [0.15, 0.2) is 5.78 Å². The highest BCUT2D eigenvalue weighted by Crippen LogP contribution is 2.21. The molecule has 0 radical (unpaired) electrons. The first-order valence-electron chi connectivity index (χ1n) is 6.12. The van der Waals surface area contributed by atoms with Crippen molar-refractivity contribution in [1.29, 1.82) is 0 Å². The summed E-state index contributed by atoms with van der Waals surface area (Å²) >= 11 is 0. The van der Waals surface area contributed by atoms with Crippen LogP contribution in [0.1, 0.15) is 21.5 Å². The number of Topliss-reactive ketones (excluding diaryl/α,β-unsaturated/α-hetero) is 1. The Morgan fingerprint density at radius 1 is 1.16 bits per heavy atom. The van der Waals surface area contributed by atoms with Gasteiger partial charge in [0.2, 0.25) is 0 Å². The number of methoxy groups -OCH3 is 1. The lowest BCUT2D eigenvalue weighted by Gasteiger charge is -2.09. The number of hydrogen-bond donors (Lipinski definition) is 1. The van der Waals surface area contributed by atoms with Gasteiger partial charge < -0.3 is 10.5 Å². The number of carbonyl (C=O) groups excluding carboxylic acids is 1. The molecule has 3 heteroatoms. The number of rotatable bonds is 4. The molecular weight excluding hydrogens is 238 g/mol. The van der Waals surface area contributed by atoms with E-state index in [-0.39, 0.29) is 5.78 Å². The fraction of sp³-hybridized carbons (Fsp3) is 0.188. The second kappa shape index (κ2) is 5.57. The lowest BCUT2D eigenvalue weighted by Crippen LogP contribution is -2.06. The lowest BCUT2D eigenvalue weighted by atomic mass is 10.0. The van der Waals surface area contributed by atoms with E-state index in [4.69, 9.17) is 10.5 Å². The molecule has 0 aliphatic rings. The molecule has 0 amide bonds. The monoisotopic (exact) mass is 255 g/mol. The molecule has 2 N–H and O–H groups in total. The summed E-state index contributed by atoms with van der Waals surface area (Å²) in [6, 6.07) is 13.0. The third-order valence-corrected chi connectivity index (χ3v) is 3.00. The quantitative estimate of drug-likeness (QED) is 0.675. The second-order valence-corrected chi connectivity index (χ2v) is 4.55. The topological polar surface area (TPSA) is 52.3 Å². The molecule has 0 atom stereocenters. The molecule has 0 unspecified atom stereocenters. The molecule has 0 saturated carbocycles. The molecule has 98 valence electrons. The summed E-state index contributed by atoms with van der Waals surface area (Å²) in [4.78, 5) is 12.3. The summed E-state index contributed by atoms with van der Waals surface area (Å²) in [6.45, 7) is 1.96. The van der Waals surface area contributed by atoms with Crippen LogP contribution in [0.15, 0.2) is 42.5 Å². The SMILES string of the molecule is COc1ccc(C)cc1C(=O)Cc1ccc(N)cc1. The first-order chi connectivity index (χ1) is 9.10. The van der Waals surface area contributed by atoms with Gasteiger partial charge >= 0.3 is 0 Å². The number of ether oxygens (including phenoxy) is 1. The number of nitrogens with two attached hydrogens (primary N) is 1. The molecule has 0 bridgehead atoms. The second-order valence-electron chi connectivity index (χ2n) is 4.55. The molecule has 0 spiro atoms. The highest BCUT2D eigenvalue weighted by Gasteiger charge is 2.13. The highest BCUT2D eigenvalue weighted by atomic mass is 16.5. The van der Waals surface area contributed by atoms with E-state index in [9.17, 15) is 4.79 Å². The Balaban J connectivity index is 2.24. The van der Waals surface area contributed by atoms with Gasteiger partial charge in [-0.3, -0.25) is 4.79 Å². The summed E-state index contributed by atoms with van der Waals surface area (Å²) < 4.78 is 5.24. The maximum Gasteiger partial charge on any atom is 0.170 e. The van der Waals surface area contributed by atoms with Crippen molar-refractivity contribution in [3.05, 3.63) is 59.2 Å². The largest absolute Gasteiger partial charge is 0.496 e. The smallest absolute Gasteiger partial charge is 0.170 e. The third-order valence-electron chi connectivity index (χ3n) is 3.00. The number of benzene rings is 2. The van der Waals surface area contributed by atoms with Crippen LogP contribution in [-0.4, -0.2) is 12.9 Å². The number of carbonyl (C=O) groups is 1. The van der Waals surface area contributed by atoms with E-state index in [0.717, 1.165) is 11.1 Å². The average Bonchev–Trinajstić information content (AvgIpc) is 2.41. The van der Waals surface area contributed by atoms with Gasteiger partial charge in [0, 0.05) is 12.1 Å². The molecule has 0 aromatic heterocycles. The molecule has 19 heavy (non-hydrogen) atoms. The van der Waals surface area contributed by atoms with Gasteiger partial charge in [-0.15, -0.1) is 0 Å². The number of anilines is 1. The molecule has 2 aromatic rings. The summed E-state index contributed by atoms with van der Waals surface area (Å²) in [5, 5.41) is 0. The van der Waals surface area contributed by atoms with E-state index in [1.54, 1.807) is 19.2 Å². The van der Waals surface area contributed by atoms with Crippen LogP contribution < -0.4 is 10.5 Å². The Labute approximate surface area is 113 Å². The molecule has 0 aliphatic carbocycles. The zero-order chi connectivity index (χ0) is 13.8. The van der Waals surface area contributed by atoms with Crippen molar-refractivity contribution in [1.82, 2.24) is 0 Å². The van der Waals surface area contributed by atoms with Crippen LogP contribution in [0.2, 0.25) is 0 Å². The summed E-state index contributed by atoms with van der Waals surface area (Å²) in [5.41, 5.74) is 8.94. The van der Waals surface area contributed by atoms with Gasteiger partial charge in [-0.1, -0.05) is 23.8 Å². The molecule has 2 aromatic carbocycles. The Kier molecular flexibility index (Phi) is 3.85. The van der Waals surface area contributed by atoms with Gasteiger partial charge in [0.25, 0.3) is 0 Å².